The van der Waals surface area contributed by atoms with Gasteiger partial charge in [-0.3, -0.25) is 4.79 Å². The third kappa shape index (κ3) is 3.19. The van der Waals surface area contributed by atoms with Gasteiger partial charge in [0.15, 0.2) is 0 Å². The number of likely N-dealkylation sites (N-methyl/N-ethyl adjacent to an activating group) is 1. The van der Waals surface area contributed by atoms with Crippen molar-refractivity contribution in [1.29, 1.82) is 0 Å². The van der Waals surface area contributed by atoms with Gasteiger partial charge in [-0.05, 0) is 38.8 Å². The van der Waals surface area contributed by atoms with Crippen LogP contribution < -0.4 is 11.1 Å². The van der Waals surface area contributed by atoms with E-state index in [0.717, 1.165) is 38.8 Å². The Bertz CT molecular complexity index is 269. The van der Waals surface area contributed by atoms with Gasteiger partial charge in [0.1, 0.15) is 0 Å². The van der Waals surface area contributed by atoms with E-state index >= 15 is 0 Å². The molecule has 0 aromatic heterocycles. The van der Waals surface area contributed by atoms with Gasteiger partial charge < -0.3 is 16.0 Å². The Morgan fingerprint density at radius 2 is 2.18 bits per heavy atom. The van der Waals surface area contributed by atoms with Crippen molar-refractivity contribution in [1.82, 2.24) is 10.2 Å². The molecule has 1 aliphatic heterocycles. The molecule has 0 bridgehead atoms. The van der Waals surface area contributed by atoms with Crippen LogP contribution in [-0.2, 0) is 4.79 Å². The Morgan fingerprint density at radius 1 is 1.35 bits per heavy atom. The maximum atomic E-state index is 12.1. The summed E-state index contributed by atoms with van der Waals surface area (Å²) in [6.45, 7) is 5.43. The minimum atomic E-state index is 0.0620. The molecule has 0 aromatic carbocycles. The van der Waals surface area contributed by atoms with Crippen molar-refractivity contribution in [2.24, 2.45) is 11.7 Å². The first-order valence-corrected chi connectivity index (χ1v) is 6.99. The van der Waals surface area contributed by atoms with Crippen LogP contribution in [0.3, 0.4) is 0 Å². The summed E-state index contributed by atoms with van der Waals surface area (Å²) < 4.78 is 0. The molecule has 1 amide bonds. The summed E-state index contributed by atoms with van der Waals surface area (Å²) in [5.74, 6) is 0.255. The maximum Gasteiger partial charge on any atom is 0.224 e. The summed E-state index contributed by atoms with van der Waals surface area (Å²) in [5, 5.41) is 3.19. The second kappa shape index (κ2) is 5.83. The van der Waals surface area contributed by atoms with Gasteiger partial charge >= 0.3 is 0 Å². The monoisotopic (exact) mass is 239 g/mol. The number of piperidine rings is 1. The lowest BCUT2D eigenvalue weighted by atomic mass is 10.0. The molecule has 3 N–H and O–H groups in total. The normalized spacial score (nSPS) is 34.8. The molecule has 2 rings (SSSR count). The maximum absolute atomic E-state index is 12.1. The number of nitrogens with zero attached hydrogens (tertiary/aromatic N) is 1. The highest BCUT2D eigenvalue weighted by Gasteiger charge is 2.31. The predicted molar refractivity (Wildman–Crippen MR) is 68.6 cm³/mol. The standard InChI is InChI=1S/C13H25N3O/c1-2-16-8-4-5-10(9-16)15-13(17)11-6-3-7-12(11)14/h10-12H,2-9,14H2,1H3,(H,15,17). The smallest absolute Gasteiger partial charge is 0.224 e. The largest absolute Gasteiger partial charge is 0.352 e. The third-order valence-corrected chi connectivity index (χ3v) is 4.21. The van der Waals surface area contributed by atoms with Crippen LogP contribution >= 0.6 is 0 Å². The van der Waals surface area contributed by atoms with Gasteiger partial charge in [0.25, 0.3) is 0 Å². The van der Waals surface area contributed by atoms with E-state index in [1.165, 1.54) is 13.0 Å². The van der Waals surface area contributed by atoms with Gasteiger partial charge in [-0.25, -0.2) is 0 Å². The highest BCUT2D eigenvalue weighted by Crippen LogP contribution is 2.24. The molecule has 2 fully saturated rings. The van der Waals surface area contributed by atoms with E-state index in [1.807, 2.05) is 0 Å². The van der Waals surface area contributed by atoms with Crippen LogP contribution in [0.5, 0.6) is 0 Å². The minimum Gasteiger partial charge on any atom is -0.352 e. The summed E-state index contributed by atoms with van der Waals surface area (Å²) in [5.41, 5.74) is 5.97. The highest BCUT2D eigenvalue weighted by molar-refractivity contribution is 5.80. The Kier molecular flexibility index (Phi) is 4.40. The van der Waals surface area contributed by atoms with E-state index < -0.39 is 0 Å². The molecule has 1 saturated heterocycles. The quantitative estimate of drug-likeness (QED) is 0.763. The van der Waals surface area contributed by atoms with Gasteiger partial charge in [-0.15, -0.1) is 0 Å². The van der Waals surface area contributed by atoms with E-state index in [9.17, 15) is 4.79 Å². The fraction of sp³-hybridized carbons (Fsp3) is 0.923. The molecule has 17 heavy (non-hydrogen) atoms. The average Bonchev–Trinajstić information content (AvgIpc) is 2.76. The molecular weight excluding hydrogens is 214 g/mol. The van der Waals surface area contributed by atoms with Crippen molar-refractivity contribution < 1.29 is 4.79 Å². The van der Waals surface area contributed by atoms with E-state index in [1.54, 1.807) is 0 Å². The van der Waals surface area contributed by atoms with Crippen LogP contribution in [0.4, 0.5) is 0 Å². The number of likely N-dealkylation sites (tertiary alicyclic amines) is 1. The van der Waals surface area contributed by atoms with Crippen LogP contribution in [0, 0.1) is 5.92 Å². The Balaban J connectivity index is 1.81. The molecule has 2 aliphatic rings. The Labute approximate surface area is 104 Å². The number of hydrogen-bond acceptors (Lipinski definition) is 3. The van der Waals surface area contributed by atoms with Gasteiger partial charge in [-0.2, -0.15) is 0 Å². The van der Waals surface area contributed by atoms with Crippen molar-refractivity contribution in [3.05, 3.63) is 0 Å². The second-order valence-electron chi connectivity index (χ2n) is 5.44. The molecule has 4 heteroatoms. The Morgan fingerprint density at radius 3 is 2.82 bits per heavy atom. The van der Waals surface area contributed by atoms with E-state index in [2.05, 4.69) is 17.1 Å². The zero-order chi connectivity index (χ0) is 12.3. The van der Waals surface area contributed by atoms with Gasteiger partial charge in [0, 0.05) is 18.6 Å². The fourth-order valence-corrected chi connectivity index (χ4v) is 3.08. The SMILES string of the molecule is CCN1CCCC(NC(=O)C2CCCC2N)C1. The minimum absolute atomic E-state index is 0.0620. The number of amides is 1. The molecule has 0 radical (unpaired) electrons. The summed E-state index contributed by atoms with van der Waals surface area (Å²) in [6, 6.07) is 0.421. The summed E-state index contributed by atoms with van der Waals surface area (Å²) in [4.78, 5) is 14.5. The van der Waals surface area contributed by atoms with E-state index in [-0.39, 0.29) is 17.9 Å². The fourth-order valence-electron chi connectivity index (χ4n) is 3.08. The summed E-state index contributed by atoms with van der Waals surface area (Å²) in [6.07, 6.45) is 5.38. The van der Waals surface area contributed by atoms with Crippen molar-refractivity contribution in [3.63, 3.8) is 0 Å². The molecule has 1 saturated carbocycles. The summed E-state index contributed by atoms with van der Waals surface area (Å²) in [7, 11) is 0. The van der Waals surface area contributed by atoms with Gasteiger partial charge in [-0.1, -0.05) is 13.3 Å². The van der Waals surface area contributed by atoms with Gasteiger partial charge in [0.05, 0.1) is 5.92 Å². The highest BCUT2D eigenvalue weighted by atomic mass is 16.2. The molecule has 0 spiro atoms. The Hall–Kier alpha value is -0.610. The first kappa shape index (κ1) is 12.8. The number of rotatable bonds is 3. The van der Waals surface area contributed by atoms with Crippen LogP contribution in [0.25, 0.3) is 0 Å². The lowest BCUT2D eigenvalue weighted by Crippen LogP contribution is -2.50. The zero-order valence-corrected chi connectivity index (χ0v) is 10.8. The van der Waals surface area contributed by atoms with Crippen LogP contribution in [0.15, 0.2) is 0 Å². The molecule has 3 atom stereocenters. The first-order valence-electron chi connectivity index (χ1n) is 6.99. The van der Waals surface area contributed by atoms with Crippen LogP contribution in [-0.4, -0.2) is 42.5 Å². The van der Waals surface area contributed by atoms with Crippen molar-refractivity contribution >= 4 is 5.91 Å². The molecule has 1 aliphatic carbocycles. The first-order chi connectivity index (χ1) is 8.20. The number of carbonyl (C=O) groups is 1. The van der Waals surface area contributed by atoms with Gasteiger partial charge in [0.2, 0.25) is 5.91 Å². The predicted octanol–water partition coefficient (Wildman–Crippen LogP) is 0.714. The number of nitrogens with two attached hydrogens (primary N) is 1. The number of hydrogen-bond donors (Lipinski definition) is 2. The zero-order valence-electron chi connectivity index (χ0n) is 10.8. The molecule has 0 aromatic rings. The van der Waals surface area contributed by atoms with E-state index in [0.29, 0.717) is 6.04 Å². The lowest BCUT2D eigenvalue weighted by molar-refractivity contribution is -0.126. The van der Waals surface area contributed by atoms with Crippen molar-refractivity contribution in [2.45, 2.75) is 51.1 Å². The summed E-state index contributed by atoms with van der Waals surface area (Å²) >= 11 is 0. The van der Waals surface area contributed by atoms with E-state index in [4.69, 9.17) is 5.73 Å². The van der Waals surface area contributed by atoms with Crippen molar-refractivity contribution in [3.8, 4) is 0 Å². The van der Waals surface area contributed by atoms with Crippen LogP contribution in [0.2, 0.25) is 0 Å². The molecule has 98 valence electrons. The number of nitrogens with one attached hydrogen (secondary N) is 1. The molecule has 3 unspecified atom stereocenters. The van der Waals surface area contributed by atoms with Crippen molar-refractivity contribution in [2.75, 3.05) is 19.6 Å². The topological polar surface area (TPSA) is 58.4 Å². The molecule has 1 heterocycles. The molecule has 4 nitrogen and oxygen atoms in total. The molecular formula is C13H25N3O. The second-order valence-corrected chi connectivity index (χ2v) is 5.44. The lowest BCUT2D eigenvalue weighted by Gasteiger charge is -2.33. The average molecular weight is 239 g/mol. The third-order valence-electron chi connectivity index (χ3n) is 4.21. The number of carbonyl (C=O) groups excluding carboxylic acids is 1. The van der Waals surface area contributed by atoms with Crippen LogP contribution in [0.1, 0.15) is 39.0 Å².